The van der Waals surface area contributed by atoms with Gasteiger partial charge >= 0.3 is 0 Å². The van der Waals surface area contributed by atoms with Crippen molar-refractivity contribution >= 4 is 34.8 Å². The number of amides is 2. The van der Waals surface area contributed by atoms with E-state index in [4.69, 9.17) is 4.74 Å². The minimum atomic E-state index is -0.858. The maximum absolute atomic E-state index is 14.5. The van der Waals surface area contributed by atoms with Crippen LogP contribution in [-0.2, 0) is 16.6 Å². The number of morpholine rings is 1. The molecule has 0 bridgehead atoms. The van der Waals surface area contributed by atoms with Crippen molar-refractivity contribution in [2.24, 2.45) is 7.05 Å². The summed E-state index contributed by atoms with van der Waals surface area (Å²) in [4.78, 5) is 35.8. The van der Waals surface area contributed by atoms with E-state index >= 15 is 0 Å². The van der Waals surface area contributed by atoms with E-state index in [1.54, 1.807) is 10.7 Å². The molecule has 2 N–H and O–H groups in total. The molecule has 1 fully saturated rings. The average Bonchev–Trinajstić information content (AvgIpc) is 3.32. The second kappa shape index (κ2) is 12.5. The summed E-state index contributed by atoms with van der Waals surface area (Å²) >= 11 is 0. The summed E-state index contributed by atoms with van der Waals surface area (Å²) in [6, 6.07) is 3.08. The Labute approximate surface area is 233 Å². The van der Waals surface area contributed by atoms with E-state index < -0.39 is 11.9 Å². The van der Waals surface area contributed by atoms with Crippen LogP contribution in [0.5, 0.6) is 0 Å². The summed E-state index contributed by atoms with van der Waals surface area (Å²) in [6.07, 6.45) is 10.2. The molecule has 11 heteroatoms. The van der Waals surface area contributed by atoms with Crippen LogP contribution in [0.3, 0.4) is 0 Å². The molecule has 3 aromatic rings. The number of carbonyl (C=O) groups excluding carboxylic acids is 2. The number of ether oxygens (including phenoxy) is 1. The fourth-order valence-electron chi connectivity index (χ4n) is 4.62. The number of carbonyl (C=O) groups is 2. The summed E-state index contributed by atoms with van der Waals surface area (Å²) in [5, 5.41) is 9.57. The van der Waals surface area contributed by atoms with E-state index in [2.05, 4.69) is 32.6 Å². The van der Waals surface area contributed by atoms with Crippen LogP contribution in [0.2, 0.25) is 0 Å². The topological polar surface area (TPSA) is 114 Å². The smallest absolute Gasteiger partial charge is 0.257 e. The van der Waals surface area contributed by atoms with Gasteiger partial charge in [-0.1, -0.05) is 13.3 Å². The summed E-state index contributed by atoms with van der Waals surface area (Å²) in [6.45, 7) is 9.89. The fraction of sp³-hybridized carbons (Fsp3) is 0.414. The van der Waals surface area contributed by atoms with Gasteiger partial charge in [0.1, 0.15) is 0 Å². The van der Waals surface area contributed by atoms with Gasteiger partial charge in [0.05, 0.1) is 48.1 Å². The molecule has 0 atom stereocenters. The van der Waals surface area contributed by atoms with Crippen molar-refractivity contribution in [3.63, 3.8) is 0 Å². The maximum atomic E-state index is 14.5. The first kappa shape index (κ1) is 29.0. The normalized spacial score (nSPS) is 15.6. The summed E-state index contributed by atoms with van der Waals surface area (Å²) in [5.74, 6) is -1.66. The molecule has 0 radical (unpaired) electrons. The molecule has 40 heavy (non-hydrogen) atoms. The third kappa shape index (κ3) is 7.57. The molecule has 0 aliphatic carbocycles. The molecular formula is C29H36FN7O3. The molecule has 1 aliphatic rings. The summed E-state index contributed by atoms with van der Waals surface area (Å²) in [7, 11) is 1.87. The zero-order valence-corrected chi connectivity index (χ0v) is 23.6. The second-order valence-electron chi connectivity index (χ2n) is 10.6. The lowest BCUT2D eigenvalue weighted by Crippen LogP contribution is -2.50. The SMILES string of the molecule is CCC/C(=C\c1cc(C(=O)Nc2cc(NC(=O)CN3CCOC(C)(C)C3)cnc2F)cnc1C)c1cnn(C)c1. The van der Waals surface area contributed by atoms with Gasteiger partial charge in [0.25, 0.3) is 5.91 Å². The minimum absolute atomic E-state index is 0.144. The number of aryl methyl sites for hydroxylation is 2. The van der Waals surface area contributed by atoms with Crippen LogP contribution in [-0.4, -0.2) is 68.3 Å². The van der Waals surface area contributed by atoms with Gasteiger partial charge in [-0.3, -0.25) is 24.2 Å². The highest BCUT2D eigenvalue weighted by atomic mass is 19.1. The molecule has 0 saturated carbocycles. The molecule has 212 valence electrons. The van der Waals surface area contributed by atoms with E-state index in [0.29, 0.717) is 19.7 Å². The standard InChI is InChI=1S/C29H36FN7O3/c1-6-7-20(23-14-33-36(5)16-23)10-21-11-22(13-31-19(21)2)28(39)35-25-12-24(15-32-27(25)30)34-26(38)17-37-8-9-40-29(3,4)18-37/h10-16H,6-9,17-18H2,1-5H3,(H,34,38)(H,35,39)/b20-10+. The number of rotatable bonds is 9. The number of allylic oxidation sites excluding steroid dienone is 1. The number of hydrogen-bond acceptors (Lipinski definition) is 7. The van der Waals surface area contributed by atoms with Crippen molar-refractivity contribution in [1.82, 2.24) is 24.6 Å². The van der Waals surface area contributed by atoms with E-state index in [1.165, 1.54) is 18.5 Å². The highest BCUT2D eigenvalue weighted by Gasteiger charge is 2.28. The highest BCUT2D eigenvalue weighted by Crippen LogP contribution is 2.25. The zero-order valence-electron chi connectivity index (χ0n) is 23.6. The number of nitrogens with zero attached hydrogens (tertiary/aromatic N) is 5. The molecule has 1 saturated heterocycles. The Balaban J connectivity index is 1.47. The quantitative estimate of drug-likeness (QED) is 0.383. The van der Waals surface area contributed by atoms with Crippen molar-refractivity contribution in [2.75, 3.05) is 36.9 Å². The summed E-state index contributed by atoms with van der Waals surface area (Å²) in [5.41, 5.74) is 3.70. The lowest BCUT2D eigenvalue weighted by molar-refractivity contribution is -0.122. The van der Waals surface area contributed by atoms with Crippen LogP contribution >= 0.6 is 0 Å². The van der Waals surface area contributed by atoms with Gasteiger partial charge in [-0.15, -0.1) is 0 Å². The van der Waals surface area contributed by atoms with Gasteiger partial charge in [0.2, 0.25) is 11.9 Å². The second-order valence-corrected chi connectivity index (χ2v) is 10.6. The molecule has 0 unspecified atom stereocenters. The van der Waals surface area contributed by atoms with Crippen molar-refractivity contribution in [3.05, 3.63) is 65.3 Å². The minimum Gasteiger partial charge on any atom is -0.373 e. The Morgan fingerprint density at radius 3 is 2.65 bits per heavy atom. The lowest BCUT2D eigenvalue weighted by Gasteiger charge is -2.37. The first-order valence-corrected chi connectivity index (χ1v) is 13.3. The van der Waals surface area contributed by atoms with E-state index in [1.807, 2.05) is 51.2 Å². The predicted molar refractivity (Wildman–Crippen MR) is 152 cm³/mol. The van der Waals surface area contributed by atoms with Crippen LogP contribution in [0.25, 0.3) is 11.6 Å². The van der Waals surface area contributed by atoms with Gasteiger partial charge in [-0.05, 0) is 56.5 Å². The first-order valence-electron chi connectivity index (χ1n) is 13.3. The third-order valence-corrected chi connectivity index (χ3v) is 6.56. The van der Waals surface area contributed by atoms with Crippen LogP contribution < -0.4 is 10.6 Å². The van der Waals surface area contributed by atoms with Crippen LogP contribution in [0, 0.1) is 12.9 Å². The first-order chi connectivity index (χ1) is 19.0. The van der Waals surface area contributed by atoms with Crippen LogP contribution in [0.15, 0.2) is 36.9 Å². The number of hydrogen-bond donors (Lipinski definition) is 2. The highest BCUT2D eigenvalue weighted by molar-refractivity contribution is 6.05. The Morgan fingerprint density at radius 1 is 1.15 bits per heavy atom. The van der Waals surface area contributed by atoms with E-state index in [-0.39, 0.29) is 35.0 Å². The van der Waals surface area contributed by atoms with Gasteiger partial charge in [0.15, 0.2) is 0 Å². The van der Waals surface area contributed by atoms with Gasteiger partial charge in [-0.2, -0.15) is 9.49 Å². The Kier molecular flexibility index (Phi) is 9.06. The van der Waals surface area contributed by atoms with Crippen LogP contribution in [0.4, 0.5) is 15.8 Å². The lowest BCUT2D eigenvalue weighted by atomic mass is 10.00. The number of anilines is 2. The van der Waals surface area contributed by atoms with Crippen molar-refractivity contribution in [3.8, 4) is 0 Å². The van der Waals surface area contributed by atoms with Crippen LogP contribution in [0.1, 0.15) is 60.8 Å². The molecule has 0 aromatic carbocycles. The van der Waals surface area contributed by atoms with E-state index in [0.717, 1.165) is 35.2 Å². The molecule has 10 nitrogen and oxygen atoms in total. The largest absolute Gasteiger partial charge is 0.373 e. The Morgan fingerprint density at radius 2 is 1.95 bits per heavy atom. The monoisotopic (exact) mass is 549 g/mol. The molecule has 3 aromatic heterocycles. The summed E-state index contributed by atoms with van der Waals surface area (Å²) < 4.78 is 22.0. The van der Waals surface area contributed by atoms with Gasteiger partial charge in [-0.25, -0.2) is 4.98 Å². The van der Waals surface area contributed by atoms with Gasteiger partial charge in [0, 0.05) is 43.8 Å². The molecule has 4 heterocycles. The average molecular weight is 550 g/mol. The number of nitrogens with one attached hydrogen (secondary N) is 2. The molecule has 1 aliphatic heterocycles. The van der Waals surface area contributed by atoms with Crippen molar-refractivity contribution in [2.45, 2.75) is 46.1 Å². The number of aromatic nitrogens is 4. The number of halogens is 1. The molecule has 4 rings (SSSR count). The molecular weight excluding hydrogens is 513 g/mol. The molecule has 0 spiro atoms. The van der Waals surface area contributed by atoms with Gasteiger partial charge < -0.3 is 15.4 Å². The Hall–Kier alpha value is -3.96. The van der Waals surface area contributed by atoms with Crippen molar-refractivity contribution in [1.29, 1.82) is 0 Å². The zero-order chi connectivity index (χ0) is 28.9. The fourth-order valence-corrected chi connectivity index (χ4v) is 4.62. The number of pyridine rings is 2. The predicted octanol–water partition coefficient (Wildman–Crippen LogP) is 4.30. The van der Waals surface area contributed by atoms with E-state index in [9.17, 15) is 14.0 Å². The Bertz CT molecular complexity index is 1420. The van der Waals surface area contributed by atoms with Crippen molar-refractivity contribution < 1.29 is 18.7 Å². The maximum Gasteiger partial charge on any atom is 0.257 e. The third-order valence-electron chi connectivity index (χ3n) is 6.56. The molecule has 2 amide bonds.